The van der Waals surface area contributed by atoms with Crippen LogP contribution in [0.3, 0.4) is 0 Å². The standard InChI is InChI=1S/C21H19N3O3/c25-20(24-22-12-14-5-1-2-6-15(14)21(26)27)13-9-10-19-17(11-13)16-7-3-4-8-18(16)23-19/h1-2,5-6,9-12,23H,3-4,7-8H2,(H,24,25)(H,26,27)/b22-12-. The predicted molar refractivity (Wildman–Crippen MR) is 103 cm³/mol. The van der Waals surface area contributed by atoms with E-state index >= 15 is 0 Å². The Morgan fingerprint density at radius 3 is 2.78 bits per heavy atom. The average molecular weight is 361 g/mol. The number of rotatable bonds is 4. The predicted octanol–water partition coefficient (Wildman–Crippen LogP) is 3.51. The summed E-state index contributed by atoms with van der Waals surface area (Å²) >= 11 is 0. The SMILES string of the molecule is O=C(N/N=C\c1ccccc1C(=O)O)c1ccc2[nH]c3c(c2c1)CCCC3. The fourth-order valence-corrected chi connectivity index (χ4v) is 3.58. The Balaban J connectivity index is 1.54. The van der Waals surface area contributed by atoms with Crippen molar-refractivity contribution in [2.75, 3.05) is 0 Å². The van der Waals surface area contributed by atoms with Crippen molar-refractivity contribution in [3.63, 3.8) is 0 Å². The van der Waals surface area contributed by atoms with E-state index in [1.807, 2.05) is 12.1 Å². The number of aromatic nitrogens is 1. The molecular formula is C21H19N3O3. The third-order valence-corrected chi connectivity index (χ3v) is 4.92. The molecule has 0 fully saturated rings. The Bertz CT molecular complexity index is 1070. The molecule has 0 radical (unpaired) electrons. The van der Waals surface area contributed by atoms with Crippen molar-refractivity contribution < 1.29 is 14.7 Å². The fourth-order valence-electron chi connectivity index (χ4n) is 3.58. The first-order chi connectivity index (χ1) is 13.1. The third kappa shape index (κ3) is 3.33. The van der Waals surface area contributed by atoms with Gasteiger partial charge in [0.15, 0.2) is 0 Å². The van der Waals surface area contributed by atoms with Gasteiger partial charge >= 0.3 is 5.97 Å². The molecule has 0 unspecified atom stereocenters. The summed E-state index contributed by atoms with van der Waals surface area (Å²) in [6.45, 7) is 0. The van der Waals surface area contributed by atoms with Crippen LogP contribution < -0.4 is 5.43 Å². The van der Waals surface area contributed by atoms with Crippen LogP contribution in [0.25, 0.3) is 10.9 Å². The van der Waals surface area contributed by atoms with Gasteiger partial charge in [0, 0.05) is 27.7 Å². The summed E-state index contributed by atoms with van der Waals surface area (Å²) in [4.78, 5) is 27.1. The van der Waals surface area contributed by atoms with Gasteiger partial charge in [-0.25, -0.2) is 10.2 Å². The van der Waals surface area contributed by atoms with Gasteiger partial charge in [0.25, 0.3) is 5.91 Å². The van der Waals surface area contributed by atoms with Crippen molar-refractivity contribution in [1.29, 1.82) is 0 Å². The van der Waals surface area contributed by atoms with Crippen LogP contribution in [0.5, 0.6) is 0 Å². The fraction of sp³-hybridized carbons (Fsp3) is 0.190. The number of hydrogen-bond acceptors (Lipinski definition) is 3. The molecule has 0 spiro atoms. The average Bonchev–Trinajstić information content (AvgIpc) is 3.06. The van der Waals surface area contributed by atoms with Crippen LogP contribution in [-0.4, -0.2) is 28.2 Å². The quantitative estimate of drug-likeness (QED) is 0.490. The first-order valence-electron chi connectivity index (χ1n) is 8.92. The molecule has 0 bridgehead atoms. The maximum Gasteiger partial charge on any atom is 0.336 e. The Morgan fingerprint density at radius 2 is 1.93 bits per heavy atom. The van der Waals surface area contributed by atoms with Gasteiger partial charge in [-0.3, -0.25) is 4.79 Å². The van der Waals surface area contributed by atoms with E-state index in [0.29, 0.717) is 11.1 Å². The molecule has 0 saturated carbocycles. The van der Waals surface area contributed by atoms with Crippen molar-refractivity contribution in [1.82, 2.24) is 10.4 Å². The van der Waals surface area contributed by atoms with Gasteiger partial charge in [0.1, 0.15) is 0 Å². The molecule has 27 heavy (non-hydrogen) atoms. The van der Waals surface area contributed by atoms with E-state index in [1.54, 1.807) is 24.3 Å². The second kappa shape index (κ2) is 7.07. The molecular weight excluding hydrogens is 342 g/mol. The molecule has 6 heteroatoms. The third-order valence-electron chi connectivity index (χ3n) is 4.92. The lowest BCUT2D eigenvalue weighted by Crippen LogP contribution is -2.17. The number of carboxylic acids is 1. The normalized spacial score (nSPS) is 13.6. The van der Waals surface area contributed by atoms with Gasteiger partial charge in [0.05, 0.1) is 11.8 Å². The Labute approximate surface area is 155 Å². The molecule has 3 aromatic rings. The van der Waals surface area contributed by atoms with E-state index in [0.717, 1.165) is 23.7 Å². The second-order valence-electron chi connectivity index (χ2n) is 6.64. The second-order valence-corrected chi connectivity index (χ2v) is 6.64. The van der Waals surface area contributed by atoms with Gasteiger partial charge in [-0.15, -0.1) is 0 Å². The van der Waals surface area contributed by atoms with E-state index in [2.05, 4.69) is 15.5 Å². The zero-order valence-corrected chi connectivity index (χ0v) is 14.7. The molecule has 1 amide bonds. The Kier molecular flexibility index (Phi) is 4.46. The maximum atomic E-state index is 12.4. The van der Waals surface area contributed by atoms with E-state index < -0.39 is 5.97 Å². The smallest absolute Gasteiger partial charge is 0.336 e. The van der Waals surface area contributed by atoms with Gasteiger partial charge < -0.3 is 10.1 Å². The number of nitrogens with one attached hydrogen (secondary N) is 2. The van der Waals surface area contributed by atoms with Crippen molar-refractivity contribution >= 4 is 29.0 Å². The number of benzene rings is 2. The number of aromatic amines is 1. The zero-order valence-electron chi connectivity index (χ0n) is 14.7. The lowest BCUT2D eigenvalue weighted by atomic mass is 9.95. The van der Waals surface area contributed by atoms with Gasteiger partial charge in [-0.1, -0.05) is 18.2 Å². The molecule has 1 aliphatic carbocycles. The number of carbonyl (C=O) groups is 2. The van der Waals surface area contributed by atoms with Crippen molar-refractivity contribution in [3.05, 3.63) is 70.4 Å². The highest BCUT2D eigenvalue weighted by Crippen LogP contribution is 2.29. The van der Waals surface area contributed by atoms with Gasteiger partial charge in [-0.2, -0.15) is 5.10 Å². The largest absolute Gasteiger partial charge is 0.478 e. The summed E-state index contributed by atoms with van der Waals surface area (Å²) in [6, 6.07) is 12.1. The Hall–Kier alpha value is -3.41. The van der Waals surface area contributed by atoms with Crippen LogP contribution in [-0.2, 0) is 12.8 Å². The van der Waals surface area contributed by atoms with Crippen molar-refractivity contribution in [3.8, 4) is 0 Å². The molecule has 136 valence electrons. The van der Waals surface area contributed by atoms with Crippen LogP contribution in [0.1, 0.15) is 50.4 Å². The lowest BCUT2D eigenvalue weighted by molar-refractivity contribution is 0.0696. The number of fused-ring (bicyclic) bond motifs is 3. The highest BCUT2D eigenvalue weighted by Gasteiger charge is 2.16. The number of aryl methyl sites for hydroxylation is 2. The van der Waals surface area contributed by atoms with Crippen LogP contribution in [0.2, 0.25) is 0 Å². The van der Waals surface area contributed by atoms with E-state index in [4.69, 9.17) is 0 Å². The topological polar surface area (TPSA) is 94.6 Å². The number of nitrogens with zero attached hydrogens (tertiary/aromatic N) is 1. The summed E-state index contributed by atoms with van der Waals surface area (Å²) in [5, 5.41) is 14.2. The minimum atomic E-state index is -1.04. The highest BCUT2D eigenvalue weighted by molar-refractivity contribution is 6.01. The number of hydrogen-bond donors (Lipinski definition) is 3. The van der Waals surface area contributed by atoms with Crippen molar-refractivity contribution in [2.24, 2.45) is 5.10 Å². The summed E-state index contributed by atoms with van der Waals surface area (Å²) in [5.74, 6) is -1.36. The van der Waals surface area contributed by atoms with Crippen LogP contribution in [0.4, 0.5) is 0 Å². The summed E-state index contributed by atoms with van der Waals surface area (Å²) in [6.07, 6.45) is 5.80. The number of hydrazone groups is 1. The first kappa shape index (κ1) is 17.0. The minimum Gasteiger partial charge on any atom is -0.478 e. The zero-order chi connectivity index (χ0) is 18.8. The molecule has 4 rings (SSSR count). The molecule has 3 N–H and O–H groups in total. The monoisotopic (exact) mass is 361 g/mol. The van der Waals surface area contributed by atoms with E-state index in [1.165, 1.54) is 36.4 Å². The van der Waals surface area contributed by atoms with Crippen LogP contribution in [0, 0.1) is 0 Å². The first-order valence-corrected chi connectivity index (χ1v) is 8.92. The molecule has 1 heterocycles. The summed E-state index contributed by atoms with van der Waals surface area (Å²) in [7, 11) is 0. The molecule has 1 aliphatic rings. The maximum absolute atomic E-state index is 12.4. The van der Waals surface area contributed by atoms with Crippen molar-refractivity contribution in [2.45, 2.75) is 25.7 Å². The van der Waals surface area contributed by atoms with Crippen LogP contribution >= 0.6 is 0 Å². The number of amides is 1. The van der Waals surface area contributed by atoms with Crippen LogP contribution in [0.15, 0.2) is 47.6 Å². The Morgan fingerprint density at radius 1 is 1.11 bits per heavy atom. The van der Waals surface area contributed by atoms with Gasteiger partial charge in [-0.05, 0) is 55.5 Å². The molecule has 6 nitrogen and oxygen atoms in total. The van der Waals surface area contributed by atoms with Gasteiger partial charge in [0.2, 0.25) is 0 Å². The summed E-state index contributed by atoms with van der Waals surface area (Å²) in [5.41, 5.74) is 7.21. The summed E-state index contributed by atoms with van der Waals surface area (Å²) < 4.78 is 0. The van der Waals surface area contributed by atoms with E-state index in [9.17, 15) is 14.7 Å². The molecule has 0 aliphatic heterocycles. The number of H-pyrrole nitrogens is 1. The van der Waals surface area contributed by atoms with E-state index in [-0.39, 0.29) is 11.5 Å². The molecule has 2 aromatic carbocycles. The lowest BCUT2D eigenvalue weighted by Gasteiger charge is -2.10. The number of carboxylic acid groups (broad SMARTS) is 1. The molecule has 0 atom stereocenters. The molecule has 0 saturated heterocycles. The number of carbonyl (C=O) groups excluding carboxylic acids is 1. The minimum absolute atomic E-state index is 0.135. The molecule has 1 aromatic heterocycles. The highest BCUT2D eigenvalue weighted by atomic mass is 16.4. The number of aromatic carboxylic acids is 1.